The average molecular weight is 162 g/mol. The van der Waals surface area contributed by atoms with E-state index in [1.165, 1.54) is 11.1 Å². The number of fused-ring (bicyclic) bond motifs is 1. The van der Waals surface area contributed by atoms with E-state index < -0.39 is 0 Å². The third-order valence-electron chi connectivity index (χ3n) is 2.83. The fourth-order valence-corrected chi connectivity index (χ4v) is 2.02. The molecule has 0 bridgehead atoms. The molecule has 1 aromatic rings. The van der Waals surface area contributed by atoms with Gasteiger partial charge in [-0.05, 0) is 36.0 Å². The molecule has 0 spiro atoms. The van der Waals surface area contributed by atoms with Crippen LogP contribution in [0, 0.1) is 12.8 Å². The number of benzene rings is 1. The molecule has 12 heavy (non-hydrogen) atoms. The Balaban J connectivity index is 2.53. The van der Waals surface area contributed by atoms with Crippen molar-refractivity contribution in [2.45, 2.75) is 26.4 Å². The molecule has 2 rings (SSSR count). The first kappa shape index (κ1) is 7.81. The van der Waals surface area contributed by atoms with Crippen molar-refractivity contribution < 1.29 is 5.11 Å². The molecular weight excluding hydrogens is 148 g/mol. The van der Waals surface area contributed by atoms with Crippen LogP contribution in [0.4, 0.5) is 0 Å². The van der Waals surface area contributed by atoms with Gasteiger partial charge in [-0.15, -0.1) is 0 Å². The van der Waals surface area contributed by atoms with E-state index in [1.807, 2.05) is 12.1 Å². The Bertz CT molecular complexity index is 304. The van der Waals surface area contributed by atoms with Crippen molar-refractivity contribution in [1.29, 1.82) is 0 Å². The number of hydrogen-bond donors (Lipinski definition) is 1. The predicted octanol–water partition coefficient (Wildman–Crippen LogP) is 2.22. The van der Waals surface area contributed by atoms with Crippen LogP contribution in [-0.2, 0) is 6.42 Å². The number of hydrogen-bond acceptors (Lipinski definition) is 1. The van der Waals surface area contributed by atoms with E-state index in [0.29, 0.717) is 5.92 Å². The zero-order valence-electron chi connectivity index (χ0n) is 7.54. The van der Waals surface area contributed by atoms with Crippen molar-refractivity contribution in [3.8, 4) is 0 Å². The van der Waals surface area contributed by atoms with Crippen molar-refractivity contribution in [3.63, 3.8) is 0 Å². The molecule has 0 aromatic heterocycles. The van der Waals surface area contributed by atoms with Crippen LogP contribution in [0.2, 0.25) is 0 Å². The Kier molecular flexibility index (Phi) is 1.69. The Morgan fingerprint density at radius 3 is 2.83 bits per heavy atom. The topological polar surface area (TPSA) is 20.2 Å². The molecule has 0 saturated carbocycles. The fourth-order valence-electron chi connectivity index (χ4n) is 2.02. The van der Waals surface area contributed by atoms with Crippen LogP contribution in [0.3, 0.4) is 0 Å². The van der Waals surface area contributed by atoms with Crippen LogP contribution in [-0.4, -0.2) is 5.11 Å². The standard InChI is InChI=1S/C11H14O/c1-7-4-3-5-9-10(7)6-8(2)11(9)12/h3-5,8,11-12H,6H2,1-2H3. The lowest BCUT2D eigenvalue weighted by Gasteiger charge is -2.07. The van der Waals surface area contributed by atoms with Crippen molar-refractivity contribution in [3.05, 3.63) is 34.9 Å². The lowest BCUT2D eigenvalue weighted by molar-refractivity contribution is 0.133. The molecule has 0 saturated heterocycles. The van der Waals surface area contributed by atoms with Crippen LogP contribution in [0.25, 0.3) is 0 Å². The highest BCUT2D eigenvalue weighted by molar-refractivity contribution is 5.40. The van der Waals surface area contributed by atoms with Crippen molar-refractivity contribution in [2.24, 2.45) is 5.92 Å². The molecule has 1 aliphatic carbocycles. The minimum absolute atomic E-state index is 0.236. The molecule has 2 atom stereocenters. The summed E-state index contributed by atoms with van der Waals surface area (Å²) in [5.74, 6) is 0.390. The molecule has 1 N–H and O–H groups in total. The summed E-state index contributed by atoms with van der Waals surface area (Å²) in [6, 6.07) is 6.18. The van der Waals surface area contributed by atoms with Crippen LogP contribution >= 0.6 is 0 Å². The van der Waals surface area contributed by atoms with E-state index in [1.54, 1.807) is 0 Å². The monoisotopic (exact) mass is 162 g/mol. The molecule has 0 amide bonds. The van der Waals surface area contributed by atoms with Crippen molar-refractivity contribution in [1.82, 2.24) is 0 Å². The minimum atomic E-state index is -0.236. The molecule has 1 nitrogen and oxygen atoms in total. The van der Waals surface area contributed by atoms with Gasteiger partial charge in [0, 0.05) is 0 Å². The molecule has 0 heterocycles. The van der Waals surface area contributed by atoms with E-state index in [-0.39, 0.29) is 6.10 Å². The summed E-state index contributed by atoms with van der Waals surface area (Å²) in [5, 5.41) is 9.77. The van der Waals surface area contributed by atoms with Gasteiger partial charge in [-0.3, -0.25) is 0 Å². The lowest BCUT2D eigenvalue weighted by Crippen LogP contribution is -2.00. The van der Waals surface area contributed by atoms with Crippen LogP contribution in [0.5, 0.6) is 0 Å². The molecule has 1 aliphatic rings. The van der Waals surface area contributed by atoms with Gasteiger partial charge in [0.15, 0.2) is 0 Å². The zero-order chi connectivity index (χ0) is 8.72. The molecule has 64 valence electrons. The summed E-state index contributed by atoms with van der Waals surface area (Å²) < 4.78 is 0. The first-order chi connectivity index (χ1) is 5.70. The van der Waals surface area contributed by atoms with Gasteiger partial charge in [0.2, 0.25) is 0 Å². The van der Waals surface area contributed by atoms with Gasteiger partial charge >= 0.3 is 0 Å². The molecule has 1 aromatic carbocycles. The van der Waals surface area contributed by atoms with Gasteiger partial charge in [-0.1, -0.05) is 25.1 Å². The third kappa shape index (κ3) is 0.969. The first-order valence-electron chi connectivity index (χ1n) is 4.46. The van der Waals surface area contributed by atoms with Gasteiger partial charge in [-0.25, -0.2) is 0 Å². The summed E-state index contributed by atoms with van der Waals surface area (Å²) in [6.07, 6.45) is 0.795. The molecule has 0 radical (unpaired) electrons. The second-order valence-corrected chi connectivity index (χ2v) is 3.77. The normalized spacial score (nSPS) is 27.2. The Hall–Kier alpha value is -0.820. The lowest BCUT2D eigenvalue weighted by atomic mass is 10.0. The number of aliphatic hydroxyl groups is 1. The zero-order valence-corrected chi connectivity index (χ0v) is 7.54. The highest BCUT2D eigenvalue weighted by Crippen LogP contribution is 2.36. The second-order valence-electron chi connectivity index (χ2n) is 3.77. The van der Waals surface area contributed by atoms with E-state index in [4.69, 9.17) is 0 Å². The maximum Gasteiger partial charge on any atom is 0.0821 e. The number of aryl methyl sites for hydroxylation is 1. The predicted molar refractivity (Wildman–Crippen MR) is 49.0 cm³/mol. The minimum Gasteiger partial charge on any atom is -0.388 e. The molecule has 2 unspecified atom stereocenters. The van der Waals surface area contributed by atoms with Crippen LogP contribution in [0.15, 0.2) is 18.2 Å². The molecule has 1 heteroatoms. The Morgan fingerprint density at radius 1 is 1.42 bits per heavy atom. The summed E-state index contributed by atoms with van der Waals surface area (Å²) in [7, 11) is 0. The van der Waals surface area contributed by atoms with E-state index >= 15 is 0 Å². The largest absolute Gasteiger partial charge is 0.388 e. The molecule has 0 fully saturated rings. The smallest absolute Gasteiger partial charge is 0.0821 e. The SMILES string of the molecule is Cc1cccc2c1CC(C)C2O. The Labute approximate surface area is 73.0 Å². The second kappa shape index (κ2) is 2.60. The summed E-state index contributed by atoms with van der Waals surface area (Å²) >= 11 is 0. The number of rotatable bonds is 0. The highest BCUT2D eigenvalue weighted by atomic mass is 16.3. The van der Waals surface area contributed by atoms with Crippen LogP contribution in [0.1, 0.15) is 29.7 Å². The van der Waals surface area contributed by atoms with Crippen molar-refractivity contribution in [2.75, 3.05) is 0 Å². The van der Waals surface area contributed by atoms with Gasteiger partial charge in [0.1, 0.15) is 0 Å². The average Bonchev–Trinajstić information content (AvgIpc) is 2.32. The fraction of sp³-hybridized carbons (Fsp3) is 0.455. The third-order valence-corrected chi connectivity index (χ3v) is 2.83. The van der Waals surface area contributed by atoms with Gasteiger partial charge in [0.25, 0.3) is 0 Å². The van der Waals surface area contributed by atoms with Gasteiger partial charge in [-0.2, -0.15) is 0 Å². The van der Waals surface area contributed by atoms with Gasteiger partial charge < -0.3 is 5.11 Å². The molecular formula is C11H14O. The van der Waals surface area contributed by atoms with E-state index in [2.05, 4.69) is 19.9 Å². The first-order valence-corrected chi connectivity index (χ1v) is 4.46. The summed E-state index contributed by atoms with van der Waals surface area (Å²) in [5.41, 5.74) is 3.82. The van der Waals surface area contributed by atoms with E-state index in [9.17, 15) is 5.11 Å². The van der Waals surface area contributed by atoms with E-state index in [0.717, 1.165) is 12.0 Å². The highest BCUT2D eigenvalue weighted by Gasteiger charge is 2.27. The maximum absolute atomic E-state index is 9.77. The summed E-state index contributed by atoms with van der Waals surface area (Å²) in [6.45, 7) is 4.22. The molecule has 0 aliphatic heterocycles. The number of aliphatic hydroxyl groups excluding tert-OH is 1. The van der Waals surface area contributed by atoms with Gasteiger partial charge in [0.05, 0.1) is 6.10 Å². The van der Waals surface area contributed by atoms with Crippen molar-refractivity contribution >= 4 is 0 Å². The Morgan fingerprint density at radius 2 is 2.17 bits per heavy atom. The maximum atomic E-state index is 9.77. The van der Waals surface area contributed by atoms with Crippen LogP contribution < -0.4 is 0 Å². The quantitative estimate of drug-likeness (QED) is 0.620. The summed E-state index contributed by atoms with van der Waals surface area (Å²) in [4.78, 5) is 0.